The van der Waals surface area contributed by atoms with Crippen molar-refractivity contribution in [2.45, 2.75) is 183 Å². The molecule has 296 valence electrons. The summed E-state index contributed by atoms with van der Waals surface area (Å²) >= 11 is 0. The predicted molar refractivity (Wildman–Crippen MR) is 196 cm³/mol. The second-order valence-electron chi connectivity index (χ2n) is 17.1. The molecule has 2 unspecified atom stereocenters. The lowest BCUT2D eigenvalue weighted by atomic mass is 9.88. The average molecular weight is 755 g/mol. The van der Waals surface area contributed by atoms with Crippen LogP contribution in [0.5, 0.6) is 0 Å². The van der Waals surface area contributed by atoms with Crippen molar-refractivity contribution in [1.29, 1.82) is 0 Å². The van der Waals surface area contributed by atoms with Crippen LogP contribution in [0.2, 0.25) is 0 Å². The van der Waals surface area contributed by atoms with E-state index in [2.05, 4.69) is 62.3 Å². The molecule has 0 saturated carbocycles. The summed E-state index contributed by atoms with van der Waals surface area (Å²) in [5, 5.41) is 0. The van der Waals surface area contributed by atoms with Gasteiger partial charge in [-0.3, -0.25) is 13.6 Å². The molecule has 4 rings (SSSR count). The molecule has 0 aromatic heterocycles. The lowest BCUT2D eigenvalue weighted by Gasteiger charge is -2.26. The Labute approximate surface area is 304 Å². The van der Waals surface area contributed by atoms with Gasteiger partial charge in [-0.25, -0.2) is 4.57 Å². The minimum absolute atomic E-state index is 0.00181. The molecular formula is C37H72O11P2. The van der Waals surface area contributed by atoms with E-state index in [0.717, 1.165) is 32.1 Å². The molecule has 50 heavy (non-hydrogen) atoms. The van der Waals surface area contributed by atoms with E-state index in [4.69, 9.17) is 37.0 Å². The Morgan fingerprint density at radius 3 is 1.34 bits per heavy atom. The number of rotatable bonds is 16. The largest absolute Gasteiger partial charge is 0.472 e. The summed E-state index contributed by atoms with van der Waals surface area (Å²) in [6, 6.07) is 0. The maximum absolute atomic E-state index is 12.9. The predicted octanol–water partition coefficient (Wildman–Crippen LogP) is 9.05. The Morgan fingerprint density at radius 2 is 0.940 bits per heavy atom. The Hall–Kier alpha value is 0.1000. The van der Waals surface area contributed by atoms with E-state index in [9.17, 15) is 14.0 Å². The molecule has 4 aliphatic heterocycles. The average Bonchev–Trinajstić information content (AvgIpc) is 3.72. The Balaban J connectivity index is 0.000000270. The number of phosphoric ester groups is 1. The van der Waals surface area contributed by atoms with E-state index in [1.54, 1.807) is 6.66 Å². The molecule has 13 heteroatoms. The van der Waals surface area contributed by atoms with Gasteiger partial charge in [-0.15, -0.1) is 0 Å². The molecule has 4 fully saturated rings. The number of hydrogen-bond donors (Lipinski definition) is 1. The monoisotopic (exact) mass is 754 g/mol. The van der Waals surface area contributed by atoms with E-state index in [-0.39, 0.29) is 61.5 Å². The maximum Gasteiger partial charge on any atom is 0.472 e. The molecule has 0 radical (unpaired) electrons. The van der Waals surface area contributed by atoms with Crippen LogP contribution < -0.4 is 0 Å². The zero-order valence-corrected chi connectivity index (χ0v) is 35.1. The van der Waals surface area contributed by atoms with Crippen molar-refractivity contribution >= 4 is 15.4 Å². The molecule has 1 N–H and O–H groups in total. The van der Waals surface area contributed by atoms with Gasteiger partial charge in [0, 0.05) is 19.5 Å². The third kappa shape index (κ3) is 14.4. The van der Waals surface area contributed by atoms with Crippen LogP contribution in [0.25, 0.3) is 0 Å². The molecule has 0 spiro atoms. The molecule has 14 atom stereocenters. The van der Waals surface area contributed by atoms with Crippen molar-refractivity contribution in [3.05, 3.63) is 0 Å². The molecule has 0 aromatic carbocycles. The minimum Gasteiger partial charge on any atom is -0.373 e. The molecule has 0 aromatic rings. The first-order valence-corrected chi connectivity index (χ1v) is 22.8. The summed E-state index contributed by atoms with van der Waals surface area (Å²) in [7, 11) is -7.28. The Bertz CT molecular complexity index is 1020. The highest BCUT2D eigenvalue weighted by molar-refractivity contribution is 7.53. The van der Waals surface area contributed by atoms with Crippen LogP contribution in [0.4, 0.5) is 0 Å². The van der Waals surface area contributed by atoms with Crippen LogP contribution in [0.1, 0.15) is 122 Å². The lowest BCUT2D eigenvalue weighted by molar-refractivity contribution is -0.0190. The Kier molecular flexibility index (Phi) is 17.5. The first kappa shape index (κ1) is 44.5. The first-order chi connectivity index (χ1) is 23.1. The van der Waals surface area contributed by atoms with Crippen molar-refractivity contribution < 1.29 is 51.1 Å². The van der Waals surface area contributed by atoms with Crippen molar-refractivity contribution in [2.24, 2.45) is 35.5 Å². The van der Waals surface area contributed by atoms with E-state index >= 15 is 0 Å². The molecule has 11 nitrogen and oxygen atoms in total. The zero-order valence-electron chi connectivity index (χ0n) is 33.3. The van der Waals surface area contributed by atoms with Crippen molar-refractivity contribution in [3.63, 3.8) is 0 Å². The second kappa shape index (κ2) is 19.6. The first-order valence-electron chi connectivity index (χ1n) is 19.3. The molecule has 4 heterocycles. The van der Waals surface area contributed by atoms with Gasteiger partial charge >= 0.3 is 15.4 Å². The van der Waals surface area contributed by atoms with E-state index < -0.39 is 21.5 Å². The van der Waals surface area contributed by atoms with Gasteiger partial charge in [0.05, 0.1) is 74.3 Å². The van der Waals surface area contributed by atoms with Crippen LogP contribution >= 0.6 is 15.4 Å². The number of ether oxygens (including phenoxy) is 4. The van der Waals surface area contributed by atoms with Gasteiger partial charge in [-0.05, 0) is 88.9 Å². The van der Waals surface area contributed by atoms with Gasteiger partial charge in [-0.2, -0.15) is 0 Å². The normalized spacial score (nSPS) is 38.6. The van der Waals surface area contributed by atoms with Gasteiger partial charge < -0.3 is 32.9 Å². The van der Waals surface area contributed by atoms with E-state index in [1.807, 2.05) is 20.8 Å². The molecular weight excluding hydrogens is 682 g/mol. The minimum atomic E-state index is -4.14. The summed E-state index contributed by atoms with van der Waals surface area (Å²) < 4.78 is 71.3. The van der Waals surface area contributed by atoms with Gasteiger partial charge in [0.15, 0.2) is 0 Å². The standard InChI is InChI=1S/C19H37O5P.C18H35O6P/c1-12(2)8-17-18(10-15(6)22-17)24-25(7,20)21-11-19-16(13(3)4)9-14(5)23-19;1-11(2)7-16-17(9-14(6)22-16)24-25(19,20)21-10-18-15(12(3)4)8-13(5)23-18/h12-19H,8-11H2,1-7H3;11-18H,7-10H2,1-6H3,(H,19,20)/t14-,15-,16-,17+,18+,19+,25?;13-,14-,15-,16+,17+,18+/m00/s1. The molecule has 4 aliphatic rings. The summed E-state index contributed by atoms with van der Waals surface area (Å²) in [5.74, 6) is 2.68. The SMILES string of the molecule is CC(C)C[C@H]1O[C@@H](C)C[C@H]1OP(=O)(O)OC[C@H]1O[C@@H](C)C[C@H]1C(C)C.CC(C)C[C@H]1O[C@@H](C)C[C@H]1OP(C)(=O)OC[C@H]1O[C@@H](C)C[C@H]1C(C)C. The summed E-state index contributed by atoms with van der Waals surface area (Å²) in [4.78, 5) is 10.2. The smallest absolute Gasteiger partial charge is 0.373 e. The quantitative estimate of drug-likeness (QED) is 0.152. The topological polar surface area (TPSA) is 128 Å². The fraction of sp³-hybridized carbons (Fsp3) is 1.00. The van der Waals surface area contributed by atoms with Crippen LogP contribution in [0.3, 0.4) is 0 Å². The Morgan fingerprint density at radius 1 is 0.580 bits per heavy atom. The molecule has 0 amide bonds. The fourth-order valence-corrected chi connectivity index (χ4v) is 10.1. The van der Waals surface area contributed by atoms with Crippen LogP contribution in [0.15, 0.2) is 0 Å². The second-order valence-corrected chi connectivity index (χ2v) is 20.5. The highest BCUT2D eigenvalue weighted by Crippen LogP contribution is 2.50. The fourth-order valence-electron chi connectivity index (χ4n) is 7.97. The summed E-state index contributed by atoms with van der Waals surface area (Å²) in [5.41, 5.74) is 0. The van der Waals surface area contributed by atoms with Gasteiger partial charge in [-0.1, -0.05) is 55.4 Å². The molecule has 4 saturated heterocycles. The summed E-state index contributed by atoms with van der Waals surface area (Å²) in [6.07, 6.45) is 4.73. The highest BCUT2D eigenvalue weighted by atomic mass is 31.2. The van der Waals surface area contributed by atoms with Gasteiger partial charge in [0.25, 0.3) is 0 Å². The van der Waals surface area contributed by atoms with Crippen LogP contribution in [-0.2, 0) is 46.2 Å². The van der Waals surface area contributed by atoms with E-state index in [0.29, 0.717) is 48.5 Å². The van der Waals surface area contributed by atoms with Gasteiger partial charge in [0.2, 0.25) is 0 Å². The lowest BCUT2D eigenvalue weighted by Crippen LogP contribution is -2.28. The van der Waals surface area contributed by atoms with Gasteiger partial charge in [0.1, 0.15) is 0 Å². The third-order valence-corrected chi connectivity index (χ3v) is 12.6. The highest BCUT2D eigenvalue weighted by Gasteiger charge is 2.42. The van der Waals surface area contributed by atoms with Crippen LogP contribution in [-0.4, -0.2) is 85.8 Å². The third-order valence-electron chi connectivity index (χ3n) is 10.3. The number of phosphoric acid groups is 1. The molecule has 0 bridgehead atoms. The number of hydrogen-bond acceptors (Lipinski definition) is 10. The van der Waals surface area contributed by atoms with Crippen molar-refractivity contribution in [3.8, 4) is 0 Å². The van der Waals surface area contributed by atoms with E-state index in [1.165, 1.54) is 0 Å². The van der Waals surface area contributed by atoms with Crippen LogP contribution in [0, 0.1) is 35.5 Å². The zero-order chi connectivity index (χ0) is 37.6. The van der Waals surface area contributed by atoms with Crippen molar-refractivity contribution in [2.75, 3.05) is 19.9 Å². The van der Waals surface area contributed by atoms with Crippen molar-refractivity contribution in [1.82, 2.24) is 0 Å². The summed E-state index contributed by atoms with van der Waals surface area (Å²) in [6.45, 7) is 27.3. The maximum atomic E-state index is 12.9. The molecule has 0 aliphatic carbocycles.